The molecule has 0 bridgehead atoms. The van der Waals surface area contributed by atoms with Gasteiger partial charge in [0.1, 0.15) is 5.75 Å². The van der Waals surface area contributed by atoms with Crippen molar-refractivity contribution in [1.29, 1.82) is 0 Å². The molecule has 0 saturated heterocycles. The Morgan fingerprint density at radius 2 is 1.83 bits per heavy atom. The molecule has 2 nitrogen and oxygen atoms in total. The zero-order valence-corrected chi connectivity index (χ0v) is 11.9. The van der Waals surface area contributed by atoms with Gasteiger partial charge in [0.25, 0.3) is 0 Å². The number of rotatable bonds is 4. The summed E-state index contributed by atoms with van der Waals surface area (Å²) in [6, 6.07) is 11.6. The maximum atomic E-state index is 9.81. The van der Waals surface area contributed by atoms with Crippen LogP contribution in [0.25, 0.3) is 0 Å². The summed E-state index contributed by atoms with van der Waals surface area (Å²) in [4.78, 5) is 1.20. The summed E-state index contributed by atoms with van der Waals surface area (Å²) in [6.07, 6.45) is 0. The van der Waals surface area contributed by atoms with Gasteiger partial charge in [-0.15, -0.1) is 11.3 Å². The highest BCUT2D eigenvalue weighted by Gasteiger charge is 2.14. The number of halogens is 1. The van der Waals surface area contributed by atoms with Gasteiger partial charge < -0.3 is 10.4 Å². The highest BCUT2D eigenvalue weighted by atomic mass is 35.5. The van der Waals surface area contributed by atoms with Crippen LogP contribution in [-0.4, -0.2) is 5.11 Å². The average Bonchev–Trinajstić information content (AvgIpc) is 2.76. The van der Waals surface area contributed by atoms with Crippen LogP contribution in [0, 0.1) is 0 Å². The van der Waals surface area contributed by atoms with Crippen molar-refractivity contribution in [3.8, 4) is 5.75 Å². The first-order valence-corrected chi connectivity index (χ1v) is 7.06. The first-order valence-electron chi connectivity index (χ1n) is 5.87. The van der Waals surface area contributed by atoms with E-state index in [1.165, 1.54) is 4.88 Å². The maximum Gasteiger partial charge on any atom is 0.120 e. The Labute approximate surface area is 116 Å². The van der Waals surface area contributed by atoms with E-state index in [0.717, 1.165) is 9.90 Å². The minimum atomic E-state index is 0.0853. The largest absolute Gasteiger partial charge is 0.508 e. The lowest BCUT2D eigenvalue weighted by Crippen LogP contribution is -2.21. The molecule has 0 aliphatic carbocycles. The van der Waals surface area contributed by atoms with Gasteiger partial charge in [-0.3, -0.25) is 0 Å². The Morgan fingerprint density at radius 1 is 1.11 bits per heavy atom. The molecule has 0 saturated carbocycles. The van der Waals surface area contributed by atoms with Crippen molar-refractivity contribution in [2.24, 2.45) is 0 Å². The van der Waals surface area contributed by atoms with Crippen LogP contribution < -0.4 is 5.32 Å². The molecule has 2 rings (SSSR count). The lowest BCUT2D eigenvalue weighted by Gasteiger charge is -2.20. The SMILES string of the molecule is CC(NC(C)c1ccccc1O)c1ccc(Cl)s1. The van der Waals surface area contributed by atoms with Crippen LogP contribution in [0.2, 0.25) is 4.34 Å². The number of thiophene rings is 1. The van der Waals surface area contributed by atoms with Gasteiger partial charge in [0.2, 0.25) is 0 Å². The minimum absolute atomic E-state index is 0.0853. The molecule has 4 heteroatoms. The van der Waals surface area contributed by atoms with Gasteiger partial charge in [0.05, 0.1) is 4.34 Å². The quantitative estimate of drug-likeness (QED) is 0.864. The third-order valence-electron chi connectivity index (χ3n) is 2.92. The molecule has 96 valence electrons. The van der Waals surface area contributed by atoms with Gasteiger partial charge in [0, 0.05) is 22.5 Å². The van der Waals surface area contributed by atoms with Crippen molar-refractivity contribution in [3.63, 3.8) is 0 Å². The third kappa shape index (κ3) is 3.05. The second-order valence-electron chi connectivity index (χ2n) is 4.31. The molecule has 2 unspecified atom stereocenters. The number of para-hydroxylation sites is 1. The van der Waals surface area contributed by atoms with Crippen LogP contribution in [-0.2, 0) is 0 Å². The van der Waals surface area contributed by atoms with Crippen LogP contribution in [0.5, 0.6) is 5.75 Å². The highest BCUT2D eigenvalue weighted by molar-refractivity contribution is 7.16. The average molecular weight is 282 g/mol. The first-order chi connectivity index (χ1) is 8.58. The second kappa shape index (κ2) is 5.74. The highest BCUT2D eigenvalue weighted by Crippen LogP contribution is 2.30. The Kier molecular flexibility index (Phi) is 4.27. The summed E-state index contributed by atoms with van der Waals surface area (Å²) >= 11 is 7.51. The Morgan fingerprint density at radius 3 is 2.44 bits per heavy atom. The number of aromatic hydroxyl groups is 1. The molecule has 2 N–H and O–H groups in total. The van der Waals surface area contributed by atoms with Gasteiger partial charge >= 0.3 is 0 Å². The lowest BCUT2D eigenvalue weighted by atomic mass is 10.1. The van der Waals surface area contributed by atoms with E-state index in [4.69, 9.17) is 11.6 Å². The van der Waals surface area contributed by atoms with Gasteiger partial charge in [-0.25, -0.2) is 0 Å². The molecule has 1 aromatic carbocycles. The monoisotopic (exact) mass is 281 g/mol. The molecule has 1 heterocycles. The van der Waals surface area contributed by atoms with Crippen LogP contribution in [0.3, 0.4) is 0 Å². The zero-order chi connectivity index (χ0) is 13.1. The maximum absolute atomic E-state index is 9.81. The van der Waals surface area contributed by atoms with Crippen LogP contribution in [0.1, 0.15) is 36.4 Å². The third-order valence-corrected chi connectivity index (χ3v) is 4.34. The van der Waals surface area contributed by atoms with Crippen molar-refractivity contribution in [1.82, 2.24) is 5.32 Å². The lowest BCUT2D eigenvalue weighted by molar-refractivity contribution is 0.440. The van der Waals surface area contributed by atoms with E-state index in [9.17, 15) is 5.11 Å². The molecule has 2 aromatic rings. The smallest absolute Gasteiger partial charge is 0.120 e. The summed E-state index contributed by atoms with van der Waals surface area (Å²) in [5.41, 5.74) is 0.909. The van der Waals surface area contributed by atoms with Crippen LogP contribution in [0.4, 0.5) is 0 Å². The Bertz CT molecular complexity index is 526. The predicted molar refractivity (Wildman–Crippen MR) is 77.4 cm³/mol. The molecular formula is C14H16ClNOS. The van der Waals surface area contributed by atoms with E-state index in [0.29, 0.717) is 5.75 Å². The second-order valence-corrected chi connectivity index (χ2v) is 6.06. The Balaban J connectivity index is 2.08. The van der Waals surface area contributed by atoms with Gasteiger partial charge in [-0.2, -0.15) is 0 Å². The summed E-state index contributed by atoms with van der Waals surface area (Å²) in [6.45, 7) is 4.14. The standard InChI is InChI=1S/C14H16ClNOS/c1-9(11-5-3-4-6-12(11)17)16-10(2)13-7-8-14(15)18-13/h3-10,16-17H,1-2H3. The fourth-order valence-corrected chi connectivity index (χ4v) is 3.03. The molecular weight excluding hydrogens is 266 g/mol. The molecule has 18 heavy (non-hydrogen) atoms. The van der Waals surface area contributed by atoms with E-state index in [-0.39, 0.29) is 12.1 Å². The minimum Gasteiger partial charge on any atom is -0.508 e. The molecule has 0 spiro atoms. The van der Waals surface area contributed by atoms with Crippen molar-refractivity contribution >= 4 is 22.9 Å². The van der Waals surface area contributed by atoms with Gasteiger partial charge in [0.15, 0.2) is 0 Å². The topological polar surface area (TPSA) is 32.3 Å². The molecule has 2 atom stereocenters. The fraction of sp³-hybridized carbons (Fsp3) is 0.286. The molecule has 1 aromatic heterocycles. The van der Waals surface area contributed by atoms with E-state index in [2.05, 4.69) is 12.2 Å². The first kappa shape index (κ1) is 13.4. The summed E-state index contributed by atoms with van der Waals surface area (Å²) < 4.78 is 0.800. The molecule has 0 aliphatic heterocycles. The normalized spacial score (nSPS) is 14.4. The van der Waals surface area contributed by atoms with Crippen molar-refractivity contribution in [2.75, 3.05) is 0 Å². The number of benzene rings is 1. The molecule has 0 amide bonds. The number of hydrogen-bond donors (Lipinski definition) is 2. The summed E-state index contributed by atoms with van der Waals surface area (Å²) in [5, 5.41) is 13.3. The van der Waals surface area contributed by atoms with E-state index in [1.807, 2.05) is 37.3 Å². The molecule has 0 aliphatic rings. The number of phenolic OH excluding ortho intramolecular Hbond substituents is 1. The number of hydrogen-bond acceptors (Lipinski definition) is 3. The fourth-order valence-electron chi connectivity index (χ4n) is 1.96. The van der Waals surface area contributed by atoms with Crippen LogP contribution >= 0.6 is 22.9 Å². The van der Waals surface area contributed by atoms with E-state index >= 15 is 0 Å². The Hall–Kier alpha value is -1.03. The number of phenols is 1. The summed E-state index contributed by atoms with van der Waals surface area (Å²) in [5.74, 6) is 0.328. The number of nitrogens with one attached hydrogen (secondary N) is 1. The molecule has 0 fully saturated rings. The van der Waals surface area contributed by atoms with E-state index in [1.54, 1.807) is 17.4 Å². The van der Waals surface area contributed by atoms with Gasteiger partial charge in [-0.05, 0) is 32.0 Å². The van der Waals surface area contributed by atoms with Crippen molar-refractivity contribution in [3.05, 3.63) is 51.2 Å². The van der Waals surface area contributed by atoms with Crippen molar-refractivity contribution < 1.29 is 5.11 Å². The molecule has 0 radical (unpaired) electrons. The van der Waals surface area contributed by atoms with Crippen molar-refractivity contribution in [2.45, 2.75) is 25.9 Å². The van der Waals surface area contributed by atoms with Gasteiger partial charge in [-0.1, -0.05) is 29.8 Å². The zero-order valence-electron chi connectivity index (χ0n) is 10.4. The van der Waals surface area contributed by atoms with E-state index < -0.39 is 0 Å². The predicted octanol–water partition coefficient (Wildman–Crippen LogP) is 4.52. The van der Waals surface area contributed by atoms with Crippen LogP contribution in [0.15, 0.2) is 36.4 Å². The summed E-state index contributed by atoms with van der Waals surface area (Å²) in [7, 11) is 0.